The molecule has 0 aliphatic carbocycles. The van der Waals surface area contributed by atoms with Gasteiger partial charge >= 0.3 is 5.97 Å². The van der Waals surface area contributed by atoms with Crippen molar-refractivity contribution in [3.05, 3.63) is 40.8 Å². The summed E-state index contributed by atoms with van der Waals surface area (Å²) in [6, 6.07) is 7.75. The standard InChI is InChI=1S/C23H27N5O4S/c1-3-32-22(30)16-14-33-21-19(16)20(25-23(24)26-21)28-12-10-27(11-13-28)18(29)9-8-15-6-4-5-7-17(15)31-2/h4-7,14H,3,8-13H2,1-2H3,(H2,24,25,26). The fourth-order valence-electron chi connectivity index (χ4n) is 4.00. The van der Waals surface area contributed by atoms with Gasteiger partial charge in [-0.05, 0) is 25.0 Å². The number of fused-ring (bicyclic) bond motifs is 1. The number of nitrogen functional groups attached to an aromatic ring is 1. The molecule has 1 saturated heterocycles. The predicted molar refractivity (Wildman–Crippen MR) is 128 cm³/mol. The number of hydrogen-bond acceptors (Lipinski definition) is 9. The SMILES string of the molecule is CCOC(=O)c1csc2nc(N)nc(N3CCN(C(=O)CCc4ccccc4OC)CC3)c12. The van der Waals surface area contributed by atoms with E-state index in [9.17, 15) is 9.59 Å². The van der Waals surface area contributed by atoms with Crippen LogP contribution in [0.5, 0.6) is 5.75 Å². The summed E-state index contributed by atoms with van der Waals surface area (Å²) < 4.78 is 10.6. The summed E-state index contributed by atoms with van der Waals surface area (Å²) in [6.45, 7) is 4.36. The molecule has 1 aromatic carbocycles. The molecule has 9 nitrogen and oxygen atoms in total. The largest absolute Gasteiger partial charge is 0.496 e. The Morgan fingerprint density at radius 2 is 1.91 bits per heavy atom. The molecule has 0 bridgehead atoms. The number of methoxy groups -OCH3 is 1. The number of thiophene rings is 1. The van der Waals surface area contributed by atoms with Gasteiger partial charge in [0.2, 0.25) is 11.9 Å². The monoisotopic (exact) mass is 469 g/mol. The maximum atomic E-state index is 12.8. The number of aromatic nitrogens is 2. The van der Waals surface area contributed by atoms with Gasteiger partial charge in [-0.1, -0.05) is 18.2 Å². The van der Waals surface area contributed by atoms with Crippen LogP contribution in [0, 0.1) is 0 Å². The number of para-hydroxylation sites is 1. The highest BCUT2D eigenvalue weighted by molar-refractivity contribution is 7.17. The molecule has 1 amide bonds. The maximum Gasteiger partial charge on any atom is 0.339 e. The lowest BCUT2D eigenvalue weighted by Crippen LogP contribution is -2.49. The first-order valence-electron chi connectivity index (χ1n) is 10.9. The Labute approximate surface area is 196 Å². The third kappa shape index (κ3) is 4.85. The summed E-state index contributed by atoms with van der Waals surface area (Å²) in [6.07, 6.45) is 1.05. The molecule has 1 aliphatic rings. The van der Waals surface area contributed by atoms with Crippen molar-refractivity contribution in [1.29, 1.82) is 0 Å². The minimum absolute atomic E-state index is 0.107. The molecule has 4 rings (SSSR count). The van der Waals surface area contributed by atoms with Crippen molar-refractivity contribution in [2.45, 2.75) is 19.8 Å². The third-order valence-electron chi connectivity index (χ3n) is 5.66. The molecule has 0 saturated carbocycles. The molecule has 0 spiro atoms. The molecule has 2 N–H and O–H groups in total. The van der Waals surface area contributed by atoms with Crippen molar-refractivity contribution in [3.8, 4) is 5.75 Å². The smallest absolute Gasteiger partial charge is 0.339 e. The maximum absolute atomic E-state index is 12.8. The fourth-order valence-corrected chi connectivity index (χ4v) is 4.91. The van der Waals surface area contributed by atoms with E-state index in [0.29, 0.717) is 60.6 Å². The van der Waals surface area contributed by atoms with Gasteiger partial charge in [0.15, 0.2) is 0 Å². The summed E-state index contributed by atoms with van der Waals surface area (Å²) in [5.74, 6) is 1.28. The van der Waals surface area contributed by atoms with Gasteiger partial charge < -0.3 is 25.0 Å². The molecular weight excluding hydrogens is 442 g/mol. The summed E-state index contributed by atoms with van der Waals surface area (Å²) in [4.78, 5) is 38.5. The normalized spacial score (nSPS) is 13.9. The number of benzene rings is 1. The Morgan fingerprint density at radius 3 is 2.64 bits per heavy atom. The van der Waals surface area contributed by atoms with E-state index < -0.39 is 5.97 Å². The molecule has 0 atom stereocenters. The number of aryl methyl sites for hydroxylation is 1. The first-order valence-corrected chi connectivity index (χ1v) is 11.8. The number of anilines is 2. The van der Waals surface area contributed by atoms with Crippen LogP contribution >= 0.6 is 11.3 Å². The van der Waals surface area contributed by atoms with Gasteiger partial charge in [-0.3, -0.25) is 4.79 Å². The van der Waals surface area contributed by atoms with Gasteiger partial charge in [-0.2, -0.15) is 4.98 Å². The average molecular weight is 470 g/mol. The highest BCUT2D eigenvalue weighted by Gasteiger charge is 2.27. The molecule has 1 fully saturated rings. The Morgan fingerprint density at radius 1 is 1.15 bits per heavy atom. The first kappa shape index (κ1) is 22.8. The fraction of sp³-hybridized carbons (Fsp3) is 0.391. The topological polar surface area (TPSA) is 111 Å². The van der Waals surface area contributed by atoms with E-state index in [4.69, 9.17) is 15.2 Å². The van der Waals surface area contributed by atoms with Crippen LogP contribution in [0.3, 0.4) is 0 Å². The Hall–Kier alpha value is -3.40. The summed E-state index contributed by atoms with van der Waals surface area (Å²) in [5, 5.41) is 2.39. The van der Waals surface area contributed by atoms with E-state index >= 15 is 0 Å². The van der Waals surface area contributed by atoms with Gasteiger partial charge in [-0.25, -0.2) is 9.78 Å². The van der Waals surface area contributed by atoms with Gasteiger partial charge in [0.05, 0.1) is 24.7 Å². The second-order valence-electron chi connectivity index (χ2n) is 7.64. The molecule has 3 aromatic rings. The number of rotatable bonds is 7. The minimum Gasteiger partial charge on any atom is -0.496 e. The molecule has 2 aromatic heterocycles. The minimum atomic E-state index is -0.400. The van der Waals surface area contributed by atoms with Crippen molar-refractivity contribution >= 4 is 45.2 Å². The van der Waals surface area contributed by atoms with Crippen LogP contribution in [0.25, 0.3) is 10.2 Å². The van der Waals surface area contributed by atoms with Crippen LogP contribution in [-0.2, 0) is 16.0 Å². The number of nitrogens with zero attached hydrogens (tertiary/aromatic N) is 4. The number of esters is 1. The summed E-state index contributed by atoms with van der Waals surface area (Å²) >= 11 is 1.34. The first-order chi connectivity index (χ1) is 16.0. The van der Waals surface area contributed by atoms with Crippen molar-refractivity contribution in [1.82, 2.24) is 14.9 Å². The molecular formula is C23H27N5O4S. The number of nitrogens with two attached hydrogens (primary N) is 1. The van der Waals surface area contributed by atoms with E-state index in [-0.39, 0.29) is 18.5 Å². The Bertz CT molecular complexity index is 1160. The number of carbonyl (C=O) groups is 2. The van der Waals surface area contributed by atoms with Gasteiger partial charge in [0.25, 0.3) is 0 Å². The number of ether oxygens (including phenoxy) is 2. The van der Waals surface area contributed by atoms with Crippen LogP contribution < -0.4 is 15.4 Å². The van der Waals surface area contributed by atoms with E-state index in [1.165, 1.54) is 11.3 Å². The number of amides is 1. The van der Waals surface area contributed by atoms with Gasteiger partial charge in [0.1, 0.15) is 16.4 Å². The number of piperazine rings is 1. The Kier molecular flexibility index (Phi) is 6.93. The number of carbonyl (C=O) groups excluding carboxylic acids is 2. The van der Waals surface area contributed by atoms with E-state index in [1.807, 2.05) is 29.2 Å². The highest BCUT2D eigenvalue weighted by Crippen LogP contribution is 2.33. The lowest BCUT2D eigenvalue weighted by molar-refractivity contribution is -0.131. The zero-order valence-electron chi connectivity index (χ0n) is 18.7. The lowest BCUT2D eigenvalue weighted by Gasteiger charge is -2.36. The van der Waals surface area contributed by atoms with Crippen LogP contribution in [0.2, 0.25) is 0 Å². The second-order valence-corrected chi connectivity index (χ2v) is 8.49. The molecule has 0 unspecified atom stereocenters. The van der Waals surface area contributed by atoms with Crippen LogP contribution in [0.15, 0.2) is 29.6 Å². The predicted octanol–water partition coefficient (Wildman–Crippen LogP) is 2.74. The quantitative estimate of drug-likeness (QED) is 0.526. The van der Waals surface area contributed by atoms with Crippen molar-refractivity contribution in [2.75, 3.05) is 50.5 Å². The Balaban J connectivity index is 1.45. The summed E-state index contributed by atoms with van der Waals surface area (Å²) in [7, 11) is 1.64. The van der Waals surface area contributed by atoms with Crippen molar-refractivity contribution < 1.29 is 19.1 Å². The third-order valence-corrected chi connectivity index (χ3v) is 6.53. The zero-order valence-corrected chi connectivity index (χ0v) is 19.6. The molecule has 3 heterocycles. The van der Waals surface area contributed by atoms with E-state index in [0.717, 1.165) is 11.3 Å². The molecule has 1 aliphatic heterocycles. The lowest BCUT2D eigenvalue weighted by atomic mass is 10.1. The van der Waals surface area contributed by atoms with E-state index in [1.54, 1.807) is 19.4 Å². The molecule has 10 heteroatoms. The van der Waals surface area contributed by atoms with Crippen molar-refractivity contribution in [3.63, 3.8) is 0 Å². The van der Waals surface area contributed by atoms with E-state index in [2.05, 4.69) is 14.9 Å². The van der Waals surface area contributed by atoms with Gasteiger partial charge in [-0.15, -0.1) is 11.3 Å². The second kappa shape index (κ2) is 10.0. The van der Waals surface area contributed by atoms with Crippen LogP contribution in [0.4, 0.5) is 11.8 Å². The summed E-state index contributed by atoms with van der Waals surface area (Å²) in [5.41, 5.74) is 7.41. The number of hydrogen-bond donors (Lipinski definition) is 1. The average Bonchev–Trinajstić information content (AvgIpc) is 3.26. The molecule has 174 valence electrons. The van der Waals surface area contributed by atoms with Crippen LogP contribution in [-0.4, -0.2) is 66.6 Å². The molecule has 33 heavy (non-hydrogen) atoms. The highest BCUT2D eigenvalue weighted by atomic mass is 32.1. The van der Waals surface area contributed by atoms with Crippen LogP contribution in [0.1, 0.15) is 29.3 Å². The van der Waals surface area contributed by atoms with Crippen molar-refractivity contribution in [2.24, 2.45) is 0 Å². The molecule has 0 radical (unpaired) electrons. The zero-order chi connectivity index (χ0) is 23.4. The van der Waals surface area contributed by atoms with Gasteiger partial charge in [0, 0.05) is 38.0 Å².